The van der Waals surface area contributed by atoms with E-state index in [0.717, 1.165) is 0 Å². The number of rotatable bonds is 12. The fourth-order valence-corrected chi connectivity index (χ4v) is 4.28. The van der Waals surface area contributed by atoms with E-state index in [1.165, 1.54) is 0 Å². The molecule has 0 aliphatic carbocycles. The lowest BCUT2D eigenvalue weighted by Crippen LogP contribution is -2.64. The molecule has 10 heteroatoms. The number of benzene rings is 1. The average molecular weight is 402 g/mol. The van der Waals surface area contributed by atoms with E-state index in [4.69, 9.17) is 13.3 Å². The first-order valence-electron chi connectivity index (χ1n) is 8.36. The van der Waals surface area contributed by atoms with Gasteiger partial charge in [-0.1, -0.05) is 20.8 Å². The highest BCUT2D eigenvalue weighted by Crippen LogP contribution is 2.35. The number of halogens is 5. The molecule has 1 aromatic carbocycles. The molecule has 0 N–H and O–H groups in total. The predicted octanol–water partition coefficient (Wildman–Crippen LogP) is 4.83. The smallest absolute Gasteiger partial charge is 0.427 e. The summed E-state index contributed by atoms with van der Waals surface area (Å²) in [6.07, 6.45) is 1.19. The molecule has 0 aromatic heterocycles. The van der Waals surface area contributed by atoms with Crippen LogP contribution in [0.15, 0.2) is 12.1 Å². The maximum atomic E-state index is 14.9. The van der Waals surface area contributed by atoms with E-state index in [1.54, 1.807) is 20.8 Å². The summed E-state index contributed by atoms with van der Waals surface area (Å²) in [5.41, 5.74) is -4.21. The quantitative estimate of drug-likeness (QED) is 0.285. The molecule has 0 spiro atoms. The van der Waals surface area contributed by atoms with Crippen LogP contribution in [0.2, 0.25) is 0 Å². The summed E-state index contributed by atoms with van der Waals surface area (Å²) in [6, 6.07) is 1.06. The normalized spacial score (nSPS) is 12.5. The van der Waals surface area contributed by atoms with Crippen LogP contribution >= 0.6 is 0 Å². The molecule has 0 radical (unpaired) electrons. The van der Waals surface area contributed by atoms with E-state index < -0.39 is 37.7 Å². The van der Waals surface area contributed by atoms with Crippen molar-refractivity contribution in [3.63, 3.8) is 0 Å². The molecule has 1 aromatic rings. The Balaban J connectivity index is 3.23. The second-order valence-corrected chi connectivity index (χ2v) is 7.95. The zero-order chi connectivity index (χ0) is 19.8. The Hall–Kier alpha value is -1.23. The minimum atomic E-state index is -4.76. The van der Waals surface area contributed by atoms with Crippen LogP contribution in [-0.4, -0.2) is 34.4 Å². The van der Waals surface area contributed by atoms with E-state index >= 15 is 0 Å². The van der Waals surface area contributed by atoms with Crippen LogP contribution in [0.1, 0.15) is 40.0 Å². The topological polar surface area (TPSA) is 36.9 Å². The van der Waals surface area contributed by atoms with Crippen LogP contribution in [0.25, 0.3) is 0 Å². The zero-order valence-corrected chi connectivity index (χ0v) is 15.9. The Bertz CT molecular complexity index is 552. The van der Waals surface area contributed by atoms with Crippen LogP contribution in [0.3, 0.4) is 0 Å². The third-order valence-corrected chi connectivity index (χ3v) is 5.65. The minimum absolute atomic E-state index is 0.0984. The summed E-state index contributed by atoms with van der Waals surface area (Å²) in [7, 11) is -4.76. The van der Waals surface area contributed by atoms with E-state index in [2.05, 4.69) is 4.74 Å². The second kappa shape index (κ2) is 10.2. The molecule has 26 heavy (non-hydrogen) atoms. The van der Waals surface area contributed by atoms with Gasteiger partial charge < -0.3 is 18.0 Å². The van der Waals surface area contributed by atoms with E-state index in [0.29, 0.717) is 31.4 Å². The van der Waals surface area contributed by atoms with Gasteiger partial charge in [0, 0.05) is 19.8 Å². The molecule has 0 atom stereocenters. The fourth-order valence-electron chi connectivity index (χ4n) is 1.87. The summed E-state index contributed by atoms with van der Waals surface area (Å²) in [5, 5.41) is 0. The van der Waals surface area contributed by atoms with Crippen molar-refractivity contribution in [3.05, 3.63) is 29.6 Å². The van der Waals surface area contributed by atoms with Gasteiger partial charge in [-0.25, -0.2) is 8.78 Å². The molecule has 0 amide bonds. The van der Waals surface area contributed by atoms with Gasteiger partial charge in [0.2, 0.25) is 5.82 Å². The van der Waals surface area contributed by atoms with Crippen molar-refractivity contribution in [3.8, 4) is 5.75 Å². The lowest BCUT2D eigenvalue weighted by molar-refractivity contribution is -0.172. The number of hydrogen-bond acceptors (Lipinski definition) is 4. The molecule has 0 aliphatic rings. The molecule has 0 heterocycles. The molecule has 0 bridgehead atoms. The zero-order valence-electron chi connectivity index (χ0n) is 14.9. The van der Waals surface area contributed by atoms with E-state index in [9.17, 15) is 22.0 Å². The van der Waals surface area contributed by atoms with Gasteiger partial charge in [0.1, 0.15) is 0 Å². The van der Waals surface area contributed by atoms with Crippen LogP contribution in [0, 0.1) is 17.5 Å². The van der Waals surface area contributed by atoms with Gasteiger partial charge in [-0.15, -0.1) is 0 Å². The molecule has 4 nitrogen and oxygen atoms in total. The Labute approximate surface area is 150 Å². The SMILES string of the molecule is CCCO[Si](OCCC)(OCCC)C(F)(F)Oc1ccc(F)c(F)c1F. The van der Waals surface area contributed by atoms with Crippen molar-refractivity contribution in [2.24, 2.45) is 0 Å². The summed E-state index contributed by atoms with van der Waals surface area (Å²) in [5.74, 6) is -6.46. The van der Waals surface area contributed by atoms with Crippen molar-refractivity contribution in [1.29, 1.82) is 0 Å². The Morgan fingerprint density at radius 2 is 1.27 bits per heavy atom. The van der Waals surface area contributed by atoms with Crippen molar-refractivity contribution in [2.75, 3.05) is 19.8 Å². The molecule has 150 valence electrons. The van der Waals surface area contributed by atoms with E-state index in [-0.39, 0.29) is 19.8 Å². The molecular weight excluding hydrogens is 379 g/mol. The first kappa shape index (κ1) is 22.8. The summed E-state index contributed by atoms with van der Waals surface area (Å²) < 4.78 is 90.0. The van der Waals surface area contributed by atoms with Crippen molar-refractivity contribution in [1.82, 2.24) is 0 Å². The third kappa shape index (κ3) is 5.38. The average Bonchev–Trinajstić information content (AvgIpc) is 2.61. The Kier molecular flexibility index (Phi) is 8.94. The van der Waals surface area contributed by atoms with Gasteiger partial charge in [0.25, 0.3) is 0 Å². The minimum Gasteiger partial charge on any atom is -0.427 e. The third-order valence-electron chi connectivity index (χ3n) is 3.08. The summed E-state index contributed by atoms with van der Waals surface area (Å²) in [6.45, 7) is 4.81. The van der Waals surface area contributed by atoms with Gasteiger partial charge in [-0.05, 0) is 31.4 Å². The maximum Gasteiger partial charge on any atom is 0.627 e. The first-order valence-corrected chi connectivity index (χ1v) is 10.1. The van der Waals surface area contributed by atoms with E-state index in [1.807, 2.05) is 0 Å². The molecule has 0 aliphatic heterocycles. The number of alkyl halides is 2. The van der Waals surface area contributed by atoms with Gasteiger partial charge in [-0.2, -0.15) is 13.2 Å². The van der Waals surface area contributed by atoms with Gasteiger partial charge in [-0.3, -0.25) is 0 Å². The molecule has 1 rings (SSSR count). The van der Waals surface area contributed by atoms with Crippen molar-refractivity contribution >= 4 is 8.80 Å². The van der Waals surface area contributed by atoms with Crippen molar-refractivity contribution in [2.45, 2.75) is 45.8 Å². The molecule has 0 fully saturated rings. The number of ether oxygens (including phenoxy) is 1. The standard InChI is InChI=1S/C16H23F5O4Si/c1-4-9-22-26(23-10-5-2,24-11-6-3)16(20,21)25-13-8-7-12(17)14(18)15(13)19/h7-8H,4-6,9-11H2,1-3H3. The lowest BCUT2D eigenvalue weighted by atomic mass is 10.3. The van der Waals surface area contributed by atoms with Crippen LogP contribution < -0.4 is 4.74 Å². The van der Waals surface area contributed by atoms with Crippen LogP contribution in [-0.2, 0) is 13.3 Å². The monoisotopic (exact) mass is 402 g/mol. The summed E-state index contributed by atoms with van der Waals surface area (Å²) >= 11 is 0. The van der Waals surface area contributed by atoms with Crippen LogP contribution in [0.4, 0.5) is 22.0 Å². The highest BCUT2D eigenvalue weighted by molar-refractivity contribution is 6.63. The van der Waals surface area contributed by atoms with Gasteiger partial charge in [0.05, 0.1) is 0 Å². The Morgan fingerprint density at radius 3 is 1.69 bits per heavy atom. The Morgan fingerprint density at radius 1 is 0.808 bits per heavy atom. The summed E-state index contributed by atoms with van der Waals surface area (Å²) in [4.78, 5) is 0. The van der Waals surface area contributed by atoms with Crippen LogP contribution in [0.5, 0.6) is 5.75 Å². The molecule has 0 saturated heterocycles. The van der Waals surface area contributed by atoms with Gasteiger partial charge >= 0.3 is 14.5 Å². The largest absolute Gasteiger partial charge is 0.627 e. The highest BCUT2D eigenvalue weighted by atomic mass is 28.4. The second-order valence-electron chi connectivity index (χ2n) is 5.39. The van der Waals surface area contributed by atoms with Crippen molar-refractivity contribution < 1.29 is 40.0 Å². The first-order chi connectivity index (χ1) is 12.2. The fraction of sp³-hybridized carbons (Fsp3) is 0.625. The molecule has 0 unspecified atom stereocenters. The molecule has 0 saturated carbocycles. The highest BCUT2D eigenvalue weighted by Gasteiger charge is 2.68. The predicted molar refractivity (Wildman–Crippen MR) is 86.4 cm³/mol. The maximum absolute atomic E-state index is 14.9. The number of hydrogen-bond donors (Lipinski definition) is 0. The van der Waals surface area contributed by atoms with Gasteiger partial charge in [0.15, 0.2) is 17.4 Å². The molecular formula is C16H23F5O4Si. The lowest BCUT2D eigenvalue weighted by Gasteiger charge is -2.34.